The quantitative estimate of drug-likeness (QED) is 0.874. The van der Waals surface area contributed by atoms with Crippen LogP contribution >= 0.6 is 0 Å². The summed E-state index contributed by atoms with van der Waals surface area (Å²) in [7, 11) is 3.38. The fourth-order valence-electron chi connectivity index (χ4n) is 2.21. The largest absolute Gasteiger partial charge is 0.497 e. The zero-order valence-electron chi connectivity index (χ0n) is 13.1. The van der Waals surface area contributed by atoms with Crippen molar-refractivity contribution in [2.24, 2.45) is 0 Å². The van der Waals surface area contributed by atoms with E-state index >= 15 is 0 Å². The summed E-state index contributed by atoms with van der Waals surface area (Å²) in [5, 5.41) is 3.47. The molecule has 0 spiro atoms. The Labute approximate surface area is 126 Å². The van der Waals surface area contributed by atoms with Gasteiger partial charge >= 0.3 is 0 Å². The van der Waals surface area contributed by atoms with Crippen molar-refractivity contribution >= 4 is 0 Å². The van der Waals surface area contributed by atoms with Gasteiger partial charge in [-0.1, -0.05) is 32.0 Å². The topological polar surface area (TPSA) is 30.5 Å². The van der Waals surface area contributed by atoms with Gasteiger partial charge in [0.15, 0.2) is 0 Å². The van der Waals surface area contributed by atoms with Crippen molar-refractivity contribution in [1.29, 1.82) is 0 Å². The Morgan fingerprint density at radius 3 is 2.10 bits per heavy atom. The molecule has 0 aliphatic rings. The molecule has 2 rings (SSSR count). The maximum absolute atomic E-state index is 5.34. The third kappa shape index (κ3) is 3.99. The average molecular weight is 285 g/mol. The Kier molecular flexibility index (Phi) is 5.23. The molecule has 1 N–H and O–H groups in total. The van der Waals surface area contributed by atoms with Crippen molar-refractivity contribution < 1.29 is 9.47 Å². The highest BCUT2D eigenvalue weighted by Gasteiger charge is 2.08. The number of methoxy groups -OCH3 is 2. The average Bonchev–Trinajstić information content (AvgIpc) is 2.52. The second-order valence-corrected chi connectivity index (χ2v) is 5.29. The van der Waals surface area contributed by atoms with E-state index in [0.29, 0.717) is 6.04 Å². The van der Waals surface area contributed by atoms with Gasteiger partial charge in [-0.25, -0.2) is 0 Å². The van der Waals surface area contributed by atoms with Gasteiger partial charge in [0.25, 0.3) is 0 Å². The van der Waals surface area contributed by atoms with Crippen LogP contribution < -0.4 is 14.8 Å². The number of hydrogen-bond donors (Lipinski definition) is 1. The van der Waals surface area contributed by atoms with Gasteiger partial charge in [0.2, 0.25) is 0 Å². The van der Waals surface area contributed by atoms with Crippen LogP contribution in [-0.2, 0) is 6.54 Å². The van der Waals surface area contributed by atoms with Gasteiger partial charge in [0, 0.05) is 12.6 Å². The molecule has 0 saturated carbocycles. The molecule has 0 bridgehead atoms. The molecular weight excluding hydrogens is 262 g/mol. The van der Waals surface area contributed by atoms with Gasteiger partial charge in [0.1, 0.15) is 11.5 Å². The number of ether oxygens (including phenoxy) is 2. The molecule has 2 aromatic rings. The maximum Gasteiger partial charge on any atom is 0.119 e. The molecule has 0 saturated heterocycles. The fraction of sp³-hybridized carbons (Fsp3) is 0.333. The highest BCUT2D eigenvalue weighted by molar-refractivity contribution is 5.69. The number of benzene rings is 2. The fourth-order valence-corrected chi connectivity index (χ4v) is 2.21. The molecule has 0 amide bonds. The van der Waals surface area contributed by atoms with Crippen LogP contribution in [0.1, 0.15) is 19.4 Å². The number of hydrogen-bond acceptors (Lipinski definition) is 3. The Bertz CT molecular complexity index is 576. The first-order chi connectivity index (χ1) is 10.1. The molecule has 3 heteroatoms. The number of nitrogens with one attached hydrogen (secondary N) is 1. The minimum absolute atomic E-state index is 0.444. The first kappa shape index (κ1) is 15.4. The van der Waals surface area contributed by atoms with Crippen LogP contribution in [0.25, 0.3) is 11.1 Å². The van der Waals surface area contributed by atoms with Crippen molar-refractivity contribution in [3.8, 4) is 22.6 Å². The van der Waals surface area contributed by atoms with Crippen molar-refractivity contribution in [2.75, 3.05) is 14.2 Å². The first-order valence-electron chi connectivity index (χ1n) is 7.18. The van der Waals surface area contributed by atoms with Gasteiger partial charge in [-0.3, -0.25) is 0 Å². The van der Waals surface area contributed by atoms with E-state index in [2.05, 4.69) is 43.4 Å². The van der Waals surface area contributed by atoms with Gasteiger partial charge in [0.05, 0.1) is 14.2 Å². The van der Waals surface area contributed by atoms with E-state index in [1.807, 2.05) is 18.2 Å². The molecule has 0 fully saturated rings. The summed E-state index contributed by atoms with van der Waals surface area (Å²) in [5.41, 5.74) is 3.62. The van der Waals surface area contributed by atoms with E-state index in [1.54, 1.807) is 14.2 Å². The second kappa shape index (κ2) is 7.14. The zero-order valence-corrected chi connectivity index (χ0v) is 13.1. The Balaban J connectivity index is 2.35. The molecule has 0 atom stereocenters. The molecular formula is C18H23NO2. The van der Waals surface area contributed by atoms with Crippen molar-refractivity contribution in [2.45, 2.75) is 26.4 Å². The molecule has 3 nitrogen and oxygen atoms in total. The molecule has 112 valence electrons. The Morgan fingerprint density at radius 1 is 0.905 bits per heavy atom. The van der Waals surface area contributed by atoms with Crippen LogP contribution in [0.2, 0.25) is 0 Å². The van der Waals surface area contributed by atoms with E-state index in [0.717, 1.165) is 18.0 Å². The summed E-state index contributed by atoms with van der Waals surface area (Å²) in [4.78, 5) is 0. The van der Waals surface area contributed by atoms with Gasteiger partial charge in [-0.15, -0.1) is 0 Å². The molecule has 0 aromatic heterocycles. The monoisotopic (exact) mass is 285 g/mol. The smallest absolute Gasteiger partial charge is 0.119 e. The zero-order chi connectivity index (χ0) is 15.2. The Hall–Kier alpha value is -2.00. The molecule has 0 heterocycles. The van der Waals surface area contributed by atoms with Crippen LogP contribution in [-0.4, -0.2) is 20.3 Å². The highest BCUT2D eigenvalue weighted by Crippen LogP contribution is 2.29. The maximum atomic E-state index is 5.34. The van der Waals surface area contributed by atoms with Crippen LogP contribution in [0.5, 0.6) is 11.5 Å². The van der Waals surface area contributed by atoms with Gasteiger partial charge < -0.3 is 14.8 Å². The van der Waals surface area contributed by atoms with Crippen LogP contribution in [0.3, 0.4) is 0 Å². The molecule has 2 aromatic carbocycles. The molecule has 0 radical (unpaired) electrons. The summed E-state index contributed by atoms with van der Waals surface area (Å²) < 4.78 is 10.6. The predicted molar refractivity (Wildman–Crippen MR) is 87.0 cm³/mol. The predicted octanol–water partition coefficient (Wildman–Crippen LogP) is 3.87. The highest BCUT2D eigenvalue weighted by atomic mass is 16.5. The summed E-state index contributed by atoms with van der Waals surface area (Å²) in [5.74, 6) is 1.75. The van der Waals surface area contributed by atoms with Crippen molar-refractivity contribution in [3.05, 3.63) is 48.0 Å². The minimum atomic E-state index is 0.444. The normalized spacial score (nSPS) is 10.7. The van der Waals surface area contributed by atoms with Gasteiger partial charge in [-0.05, 0) is 41.0 Å². The summed E-state index contributed by atoms with van der Waals surface area (Å²) in [6, 6.07) is 14.8. The van der Waals surface area contributed by atoms with E-state index in [9.17, 15) is 0 Å². The SMILES string of the molecule is COc1ccc(-c2ccc(OC)cc2CNC(C)C)cc1. The molecule has 0 aliphatic heterocycles. The molecule has 0 aliphatic carbocycles. The second-order valence-electron chi connectivity index (χ2n) is 5.29. The summed E-state index contributed by atoms with van der Waals surface area (Å²) in [6.45, 7) is 5.11. The minimum Gasteiger partial charge on any atom is -0.497 e. The van der Waals surface area contributed by atoms with E-state index in [4.69, 9.17) is 9.47 Å². The van der Waals surface area contributed by atoms with Crippen LogP contribution in [0.15, 0.2) is 42.5 Å². The van der Waals surface area contributed by atoms with E-state index in [1.165, 1.54) is 16.7 Å². The van der Waals surface area contributed by atoms with Gasteiger partial charge in [-0.2, -0.15) is 0 Å². The summed E-state index contributed by atoms with van der Waals surface area (Å²) >= 11 is 0. The van der Waals surface area contributed by atoms with E-state index < -0.39 is 0 Å². The lowest BCUT2D eigenvalue weighted by atomic mass is 9.99. The molecule has 0 unspecified atom stereocenters. The number of rotatable bonds is 6. The molecule has 21 heavy (non-hydrogen) atoms. The van der Waals surface area contributed by atoms with E-state index in [-0.39, 0.29) is 0 Å². The third-order valence-electron chi connectivity index (χ3n) is 3.41. The van der Waals surface area contributed by atoms with Crippen molar-refractivity contribution in [1.82, 2.24) is 5.32 Å². The first-order valence-corrected chi connectivity index (χ1v) is 7.18. The lowest BCUT2D eigenvalue weighted by molar-refractivity contribution is 0.414. The Morgan fingerprint density at radius 2 is 1.52 bits per heavy atom. The lowest BCUT2D eigenvalue weighted by Crippen LogP contribution is -2.22. The standard InChI is InChI=1S/C18H23NO2/c1-13(2)19-12-15-11-17(21-4)9-10-18(15)14-5-7-16(20-3)8-6-14/h5-11,13,19H,12H2,1-4H3. The van der Waals surface area contributed by atoms with Crippen molar-refractivity contribution in [3.63, 3.8) is 0 Å². The lowest BCUT2D eigenvalue weighted by Gasteiger charge is -2.14. The van der Waals surface area contributed by atoms with Crippen LogP contribution in [0, 0.1) is 0 Å². The summed E-state index contributed by atoms with van der Waals surface area (Å²) in [6.07, 6.45) is 0. The third-order valence-corrected chi connectivity index (χ3v) is 3.41. The van der Waals surface area contributed by atoms with Crippen LogP contribution in [0.4, 0.5) is 0 Å².